The summed E-state index contributed by atoms with van der Waals surface area (Å²) in [6.07, 6.45) is 6.29. The number of nitrogens with one attached hydrogen (secondary N) is 2. The molecule has 1 unspecified atom stereocenters. The van der Waals surface area contributed by atoms with Gasteiger partial charge in [0.2, 0.25) is 0 Å². The van der Waals surface area contributed by atoms with Crippen LogP contribution in [0.3, 0.4) is 0 Å². The number of hydrogen-bond donors (Lipinski definition) is 4. The van der Waals surface area contributed by atoms with Crippen molar-refractivity contribution in [3.8, 4) is 0 Å². The van der Waals surface area contributed by atoms with Crippen molar-refractivity contribution in [1.29, 1.82) is 0 Å². The molecule has 2 aliphatic heterocycles. The molecule has 2 heterocycles. The molecular weight excluding hydrogens is 302 g/mol. The van der Waals surface area contributed by atoms with E-state index in [1.807, 2.05) is 11.8 Å². The van der Waals surface area contributed by atoms with Crippen molar-refractivity contribution in [2.45, 2.75) is 62.3 Å². The second kappa shape index (κ2) is 8.62. The molecular formula is C15H27N3O3S. The number of urea groups is 1. The summed E-state index contributed by atoms with van der Waals surface area (Å²) in [5.41, 5.74) is 5.45. The quantitative estimate of drug-likeness (QED) is 0.359. The smallest absolute Gasteiger partial charge is 0.315 e. The highest BCUT2D eigenvalue weighted by Gasteiger charge is 2.42. The maximum atomic E-state index is 11.3. The largest absolute Gasteiger partial charge is 0.481 e. The van der Waals surface area contributed by atoms with Gasteiger partial charge in [0.1, 0.15) is 0 Å². The molecule has 0 aliphatic carbocycles. The van der Waals surface area contributed by atoms with Crippen LogP contribution in [-0.4, -0.2) is 46.7 Å². The van der Waals surface area contributed by atoms with Gasteiger partial charge in [-0.25, -0.2) is 4.79 Å². The summed E-state index contributed by atoms with van der Waals surface area (Å²) in [6.45, 7) is 0.680. The number of nitrogens with two attached hydrogens (primary N) is 1. The normalized spacial score (nSPS) is 28.0. The summed E-state index contributed by atoms with van der Waals surface area (Å²) in [7, 11) is 0. The molecule has 2 rings (SSSR count). The van der Waals surface area contributed by atoms with Gasteiger partial charge in [-0.15, -0.1) is 0 Å². The van der Waals surface area contributed by atoms with Crippen molar-refractivity contribution in [1.82, 2.24) is 10.6 Å². The van der Waals surface area contributed by atoms with Crippen molar-refractivity contribution >= 4 is 23.8 Å². The molecule has 7 heteroatoms. The number of carboxylic acids is 1. The third-order valence-corrected chi connectivity index (χ3v) is 6.09. The third kappa shape index (κ3) is 4.78. The number of amides is 2. The molecule has 0 spiro atoms. The Morgan fingerprint density at radius 3 is 2.77 bits per heavy atom. The van der Waals surface area contributed by atoms with Gasteiger partial charge in [-0.05, 0) is 32.2 Å². The Morgan fingerprint density at radius 2 is 2.05 bits per heavy atom. The van der Waals surface area contributed by atoms with Gasteiger partial charge in [0.05, 0.1) is 18.0 Å². The van der Waals surface area contributed by atoms with Gasteiger partial charge in [-0.3, -0.25) is 4.79 Å². The fourth-order valence-corrected chi connectivity index (χ4v) is 4.86. The van der Waals surface area contributed by atoms with E-state index in [9.17, 15) is 14.7 Å². The standard InChI is InChI=1S/C15H27N3O3S/c16-8-3-1-2-5-10(14(19)20)6-4-7-12-13-11(9-22-12)17-15(21)18-13/h10-13H,1-9,16H2,(H,19,20)(H2,17,18,21)/t10?,11-,12-,13-/m0/s1. The molecule has 2 amide bonds. The van der Waals surface area contributed by atoms with E-state index in [-0.39, 0.29) is 24.0 Å². The zero-order valence-corrected chi connectivity index (χ0v) is 13.7. The number of thioether (sulfide) groups is 1. The van der Waals surface area contributed by atoms with E-state index < -0.39 is 5.97 Å². The highest BCUT2D eigenvalue weighted by Crippen LogP contribution is 2.33. The lowest BCUT2D eigenvalue weighted by atomic mass is 9.94. The van der Waals surface area contributed by atoms with E-state index >= 15 is 0 Å². The first-order valence-corrected chi connectivity index (χ1v) is 9.28. The summed E-state index contributed by atoms with van der Waals surface area (Å²) < 4.78 is 0. The zero-order valence-electron chi connectivity index (χ0n) is 12.9. The average Bonchev–Trinajstić information content (AvgIpc) is 3.01. The number of aliphatic carboxylic acids is 1. The second-order valence-corrected chi connectivity index (χ2v) is 7.50. The van der Waals surface area contributed by atoms with E-state index in [2.05, 4.69) is 10.6 Å². The lowest BCUT2D eigenvalue weighted by Crippen LogP contribution is -2.36. The summed E-state index contributed by atoms with van der Waals surface area (Å²) in [4.78, 5) is 22.6. The number of rotatable bonds is 10. The molecule has 0 saturated carbocycles. The van der Waals surface area contributed by atoms with Gasteiger partial charge in [-0.2, -0.15) is 11.8 Å². The number of hydrogen-bond acceptors (Lipinski definition) is 4. The first kappa shape index (κ1) is 17.4. The summed E-state index contributed by atoms with van der Waals surface area (Å²) in [5.74, 6) is 0.0343. The summed E-state index contributed by atoms with van der Waals surface area (Å²) in [6, 6.07) is 0.392. The van der Waals surface area contributed by atoms with Crippen molar-refractivity contribution in [2.24, 2.45) is 11.7 Å². The van der Waals surface area contributed by atoms with Crippen molar-refractivity contribution in [2.75, 3.05) is 12.3 Å². The molecule has 2 saturated heterocycles. The Kier molecular flexibility index (Phi) is 6.82. The van der Waals surface area contributed by atoms with Crippen LogP contribution in [0.4, 0.5) is 4.79 Å². The van der Waals surface area contributed by atoms with Gasteiger partial charge in [0, 0.05) is 11.0 Å². The topological polar surface area (TPSA) is 104 Å². The van der Waals surface area contributed by atoms with Crippen molar-refractivity contribution < 1.29 is 14.7 Å². The minimum Gasteiger partial charge on any atom is -0.481 e. The minimum absolute atomic E-state index is 0.0661. The van der Waals surface area contributed by atoms with E-state index in [1.54, 1.807) is 0 Å². The fourth-order valence-electron chi connectivity index (χ4n) is 3.31. The minimum atomic E-state index is -0.680. The Labute approximate surface area is 136 Å². The number of fused-ring (bicyclic) bond motifs is 1. The molecule has 2 aliphatic rings. The van der Waals surface area contributed by atoms with Gasteiger partial charge in [-0.1, -0.05) is 19.3 Å². The predicted molar refractivity (Wildman–Crippen MR) is 88.0 cm³/mol. The van der Waals surface area contributed by atoms with Crippen LogP contribution in [0, 0.1) is 5.92 Å². The first-order valence-electron chi connectivity index (χ1n) is 8.23. The highest BCUT2D eigenvalue weighted by atomic mass is 32.2. The van der Waals surface area contributed by atoms with Crippen LogP contribution in [0.15, 0.2) is 0 Å². The molecule has 6 nitrogen and oxygen atoms in total. The molecule has 5 N–H and O–H groups in total. The van der Waals surface area contributed by atoms with Crippen LogP contribution < -0.4 is 16.4 Å². The highest BCUT2D eigenvalue weighted by molar-refractivity contribution is 8.00. The Balaban J connectivity index is 1.67. The van der Waals surface area contributed by atoms with Gasteiger partial charge < -0.3 is 21.5 Å². The molecule has 0 radical (unpaired) electrons. The van der Waals surface area contributed by atoms with E-state index in [4.69, 9.17) is 5.73 Å². The molecule has 0 aromatic heterocycles. The molecule has 126 valence electrons. The van der Waals surface area contributed by atoms with E-state index in [1.165, 1.54) is 0 Å². The van der Waals surface area contributed by atoms with Crippen LogP contribution in [0.5, 0.6) is 0 Å². The molecule has 0 bridgehead atoms. The van der Waals surface area contributed by atoms with Crippen LogP contribution in [0.1, 0.15) is 44.9 Å². The van der Waals surface area contributed by atoms with Crippen LogP contribution in [-0.2, 0) is 4.79 Å². The number of unbranched alkanes of at least 4 members (excludes halogenated alkanes) is 2. The average molecular weight is 329 g/mol. The summed E-state index contributed by atoms with van der Waals surface area (Å²) >= 11 is 1.88. The molecule has 4 atom stereocenters. The monoisotopic (exact) mass is 329 g/mol. The van der Waals surface area contributed by atoms with Crippen LogP contribution in [0.25, 0.3) is 0 Å². The Hall–Kier alpha value is -0.950. The van der Waals surface area contributed by atoms with Gasteiger partial charge in [0.25, 0.3) is 0 Å². The lowest BCUT2D eigenvalue weighted by molar-refractivity contribution is -0.142. The predicted octanol–water partition coefficient (Wildman–Crippen LogP) is 1.54. The number of carbonyl (C=O) groups is 2. The summed E-state index contributed by atoms with van der Waals surface area (Å²) in [5, 5.41) is 15.6. The van der Waals surface area contributed by atoms with Crippen LogP contribution >= 0.6 is 11.8 Å². The number of carboxylic acid groups (broad SMARTS) is 1. The molecule has 0 aromatic rings. The number of carbonyl (C=O) groups excluding carboxylic acids is 1. The third-order valence-electron chi connectivity index (χ3n) is 4.59. The molecule has 0 aromatic carbocycles. The Bertz CT molecular complexity index is 394. The van der Waals surface area contributed by atoms with Crippen LogP contribution in [0.2, 0.25) is 0 Å². The van der Waals surface area contributed by atoms with Gasteiger partial charge in [0.15, 0.2) is 0 Å². The van der Waals surface area contributed by atoms with E-state index in [0.29, 0.717) is 11.8 Å². The first-order chi connectivity index (χ1) is 10.6. The van der Waals surface area contributed by atoms with Crippen molar-refractivity contribution in [3.05, 3.63) is 0 Å². The Morgan fingerprint density at radius 1 is 1.27 bits per heavy atom. The SMILES string of the molecule is NCCCCCC(CCC[C@@H]1SC[C@@H]2NC(=O)N[C@@H]21)C(=O)O. The zero-order chi connectivity index (χ0) is 15.9. The van der Waals surface area contributed by atoms with Gasteiger partial charge >= 0.3 is 12.0 Å². The lowest BCUT2D eigenvalue weighted by Gasteiger charge is -2.18. The van der Waals surface area contributed by atoms with E-state index in [0.717, 1.165) is 50.7 Å². The molecule has 22 heavy (non-hydrogen) atoms. The second-order valence-electron chi connectivity index (χ2n) is 6.23. The van der Waals surface area contributed by atoms with Crippen molar-refractivity contribution in [3.63, 3.8) is 0 Å². The maximum Gasteiger partial charge on any atom is 0.315 e. The molecule has 2 fully saturated rings. The maximum absolute atomic E-state index is 11.3. The fraction of sp³-hybridized carbons (Fsp3) is 0.867.